The largest absolute Gasteiger partial charge is 0.310 e. The molecule has 0 heterocycles. The molecule has 0 atom stereocenters. The van der Waals surface area contributed by atoms with Gasteiger partial charge < -0.3 is 4.90 Å². The number of hydrogen-bond acceptors (Lipinski definition) is 1. The summed E-state index contributed by atoms with van der Waals surface area (Å²) in [6, 6.07) is 84.8. The van der Waals surface area contributed by atoms with Crippen LogP contribution in [-0.4, -0.2) is 0 Å². The molecular weight excluding hydrogens is 819 g/mol. The fourth-order valence-electron chi connectivity index (χ4n) is 13.4. The summed E-state index contributed by atoms with van der Waals surface area (Å²) in [5.41, 5.74) is 29.2. The molecule has 0 fully saturated rings. The van der Waals surface area contributed by atoms with Crippen LogP contribution >= 0.6 is 0 Å². The molecule has 0 bridgehead atoms. The number of anilines is 3. The monoisotopic (exact) mass is 867 g/mol. The molecule has 4 aliphatic carbocycles. The second-order valence-electron chi connectivity index (χ2n) is 20.3. The Balaban J connectivity index is 0.973. The summed E-state index contributed by atoms with van der Waals surface area (Å²) >= 11 is 0. The third kappa shape index (κ3) is 5.06. The lowest BCUT2D eigenvalue weighted by atomic mass is 9.70. The van der Waals surface area contributed by atoms with Crippen LogP contribution in [0.4, 0.5) is 17.1 Å². The standard InChI is InChI=1S/C67H49N/c1-65(2)55-28-12-7-21-47(55)51-40-39-44(41-61(51)65)68(62-34-18-33-60-63(62)54-25-11-16-32-59(54)67(60)57-30-14-9-22-48(57)49-23-10-15-31-58(49)67)43-37-35-42(36-38-43)45-19-5-6-20-46(45)52-26-17-27-53-50-24-8-13-29-56(50)66(3,4)64(52)53/h5-41H,1-4H3. The molecule has 1 spiro atoms. The van der Waals surface area contributed by atoms with Crippen LogP contribution in [0.3, 0.4) is 0 Å². The summed E-state index contributed by atoms with van der Waals surface area (Å²) < 4.78 is 0. The minimum atomic E-state index is -0.441. The van der Waals surface area contributed by atoms with Gasteiger partial charge in [0.1, 0.15) is 0 Å². The van der Waals surface area contributed by atoms with Gasteiger partial charge in [0.25, 0.3) is 0 Å². The van der Waals surface area contributed by atoms with Gasteiger partial charge in [-0.15, -0.1) is 0 Å². The zero-order chi connectivity index (χ0) is 45.5. The Bertz CT molecular complexity index is 3700. The number of fused-ring (bicyclic) bond motifs is 16. The molecule has 0 radical (unpaired) electrons. The number of hydrogen-bond donors (Lipinski definition) is 0. The van der Waals surface area contributed by atoms with Gasteiger partial charge in [0.05, 0.1) is 11.1 Å². The summed E-state index contributed by atoms with van der Waals surface area (Å²) in [7, 11) is 0. The molecular formula is C67H49N. The second-order valence-corrected chi connectivity index (χ2v) is 20.3. The highest BCUT2D eigenvalue weighted by atomic mass is 15.1. The molecule has 1 nitrogen and oxygen atoms in total. The summed E-state index contributed by atoms with van der Waals surface area (Å²) in [6.45, 7) is 9.54. The van der Waals surface area contributed by atoms with Gasteiger partial charge in [-0.25, -0.2) is 0 Å². The molecule has 0 saturated carbocycles. The molecule has 14 rings (SSSR count). The lowest BCUT2D eigenvalue weighted by Crippen LogP contribution is -2.26. The fourth-order valence-corrected chi connectivity index (χ4v) is 13.4. The van der Waals surface area contributed by atoms with E-state index in [4.69, 9.17) is 0 Å². The molecule has 10 aromatic rings. The quantitative estimate of drug-likeness (QED) is 0.167. The first-order valence-corrected chi connectivity index (χ1v) is 24.2. The molecule has 10 aromatic carbocycles. The molecule has 68 heavy (non-hydrogen) atoms. The summed E-state index contributed by atoms with van der Waals surface area (Å²) in [4.78, 5) is 2.54. The van der Waals surface area contributed by atoms with Crippen molar-refractivity contribution in [2.75, 3.05) is 4.90 Å². The minimum Gasteiger partial charge on any atom is -0.310 e. The summed E-state index contributed by atoms with van der Waals surface area (Å²) in [5.74, 6) is 0. The van der Waals surface area contributed by atoms with Crippen molar-refractivity contribution >= 4 is 17.1 Å². The molecule has 0 unspecified atom stereocenters. The lowest BCUT2D eigenvalue weighted by molar-refractivity contribution is 0.660. The van der Waals surface area contributed by atoms with Gasteiger partial charge >= 0.3 is 0 Å². The SMILES string of the molecule is CC1(C)c2ccccc2-c2ccc(N(c3ccc(-c4ccccc4-c4cccc5c4C(C)(C)c4ccccc4-5)cc3)c3cccc4c3-c3ccccc3C43c4ccccc4-c4ccccc43)cc21. The first kappa shape index (κ1) is 39.2. The van der Waals surface area contributed by atoms with E-state index in [9.17, 15) is 0 Å². The normalized spacial score (nSPS) is 15.1. The smallest absolute Gasteiger partial charge is 0.0726 e. The molecule has 0 aliphatic heterocycles. The predicted molar refractivity (Wildman–Crippen MR) is 283 cm³/mol. The first-order chi connectivity index (χ1) is 33.3. The molecule has 0 saturated heterocycles. The van der Waals surface area contributed by atoms with E-state index in [-0.39, 0.29) is 10.8 Å². The summed E-state index contributed by atoms with van der Waals surface area (Å²) in [5, 5.41) is 0. The van der Waals surface area contributed by atoms with E-state index in [0.29, 0.717) is 0 Å². The Labute approximate surface area is 399 Å². The Morgan fingerprint density at radius 2 is 0.691 bits per heavy atom. The molecule has 322 valence electrons. The van der Waals surface area contributed by atoms with Crippen molar-refractivity contribution in [3.8, 4) is 66.8 Å². The van der Waals surface area contributed by atoms with Gasteiger partial charge in [0.15, 0.2) is 0 Å². The van der Waals surface area contributed by atoms with E-state index < -0.39 is 5.41 Å². The minimum absolute atomic E-state index is 0.123. The van der Waals surface area contributed by atoms with E-state index in [2.05, 4.69) is 257 Å². The van der Waals surface area contributed by atoms with E-state index >= 15 is 0 Å². The predicted octanol–water partition coefficient (Wildman–Crippen LogP) is 17.4. The van der Waals surface area contributed by atoms with Gasteiger partial charge in [-0.1, -0.05) is 222 Å². The third-order valence-corrected chi connectivity index (χ3v) is 16.3. The van der Waals surface area contributed by atoms with Crippen molar-refractivity contribution in [2.24, 2.45) is 0 Å². The summed E-state index contributed by atoms with van der Waals surface area (Å²) in [6.07, 6.45) is 0. The van der Waals surface area contributed by atoms with E-state index in [0.717, 1.165) is 11.4 Å². The van der Waals surface area contributed by atoms with Crippen LogP contribution in [0.25, 0.3) is 66.8 Å². The highest BCUT2D eigenvalue weighted by Crippen LogP contribution is 2.65. The maximum absolute atomic E-state index is 2.54. The first-order valence-electron chi connectivity index (χ1n) is 24.2. The van der Waals surface area contributed by atoms with Crippen LogP contribution in [-0.2, 0) is 16.2 Å². The van der Waals surface area contributed by atoms with Crippen LogP contribution in [0.1, 0.15) is 72.2 Å². The van der Waals surface area contributed by atoms with Crippen LogP contribution in [0.5, 0.6) is 0 Å². The van der Waals surface area contributed by atoms with Crippen LogP contribution < -0.4 is 4.90 Å². The molecule has 1 heteroatoms. The lowest BCUT2D eigenvalue weighted by Gasteiger charge is -2.32. The van der Waals surface area contributed by atoms with E-state index in [1.807, 2.05) is 0 Å². The van der Waals surface area contributed by atoms with E-state index in [1.165, 1.54) is 117 Å². The number of rotatable bonds is 5. The molecule has 4 aliphatic rings. The maximum atomic E-state index is 2.54. The molecule has 0 N–H and O–H groups in total. The van der Waals surface area contributed by atoms with Crippen LogP contribution in [0, 0.1) is 0 Å². The van der Waals surface area contributed by atoms with Crippen molar-refractivity contribution in [1.29, 1.82) is 0 Å². The van der Waals surface area contributed by atoms with Crippen molar-refractivity contribution in [2.45, 2.75) is 43.9 Å². The number of nitrogens with zero attached hydrogens (tertiary/aromatic N) is 1. The Morgan fingerprint density at radius 3 is 1.32 bits per heavy atom. The number of benzene rings is 10. The zero-order valence-electron chi connectivity index (χ0n) is 38.8. The van der Waals surface area contributed by atoms with Gasteiger partial charge in [0, 0.05) is 27.8 Å². The van der Waals surface area contributed by atoms with Crippen LogP contribution in [0.2, 0.25) is 0 Å². The Kier molecular flexibility index (Phi) is 8.08. The second kappa shape index (κ2) is 14.0. The van der Waals surface area contributed by atoms with Gasteiger partial charge in [-0.05, 0) is 136 Å². The average Bonchev–Trinajstić information content (AvgIpc) is 4.02. The fraction of sp³-hybridized carbons (Fsp3) is 0.104. The zero-order valence-corrected chi connectivity index (χ0v) is 38.8. The Morgan fingerprint density at radius 1 is 0.279 bits per heavy atom. The van der Waals surface area contributed by atoms with Crippen LogP contribution in [0.15, 0.2) is 224 Å². The average molecular weight is 868 g/mol. The van der Waals surface area contributed by atoms with Gasteiger partial charge in [-0.3, -0.25) is 0 Å². The molecule has 0 aromatic heterocycles. The highest BCUT2D eigenvalue weighted by Gasteiger charge is 2.52. The van der Waals surface area contributed by atoms with Crippen molar-refractivity contribution in [1.82, 2.24) is 0 Å². The van der Waals surface area contributed by atoms with Crippen molar-refractivity contribution in [3.05, 3.63) is 269 Å². The van der Waals surface area contributed by atoms with E-state index in [1.54, 1.807) is 0 Å². The highest BCUT2D eigenvalue weighted by molar-refractivity contribution is 6.02. The van der Waals surface area contributed by atoms with Gasteiger partial charge in [-0.2, -0.15) is 0 Å². The van der Waals surface area contributed by atoms with Crippen molar-refractivity contribution < 1.29 is 0 Å². The topological polar surface area (TPSA) is 3.24 Å². The third-order valence-electron chi connectivity index (χ3n) is 16.3. The maximum Gasteiger partial charge on any atom is 0.0726 e. The molecule has 0 amide bonds. The van der Waals surface area contributed by atoms with Gasteiger partial charge in [0.2, 0.25) is 0 Å². The Hall–Kier alpha value is -8.00. The van der Waals surface area contributed by atoms with Crippen molar-refractivity contribution in [3.63, 3.8) is 0 Å².